The Labute approximate surface area is 191 Å². The lowest BCUT2D eigenvalue weighted by molar-refractivity contribution is -0.157. The highest BCUT2D eigenvalue weighted by Crippen LogP contribution is 2.24. The van der Waals surface area contributed by atoms with Gasteiger partial charge in [0.1, 0.15) is 0 Å². The molecular formula is C25H37NO6. The molecule has 2 N–H and O–H groups in total. The minimum Gasteiger partial charge on any atom is -0.479 e. The van der Waals surface area contributed by atoms with Crippen molar-refractivity contribution in [2.45, 2.75) is 77.6 Å². The molecule has 0 radical (unpaired) electrons. The van der Waals surface area contributed by atoms with E-state index in [9.17, 15) is 14.7 Å². The summed E-state index contributed by atoms with van der Waals surface area (Å²) >= 11 is 0. The van der Waals surface area contributed by atoms with Crippen molar-refractivity contribution in [2.75, 3.05) is 19.8 Å². The van der Waals surface area contributed by atoms with Crippen LogP contribution < -0.4 is 5.32 Å². The first-order valence-electron chi connectivity index (χ1n) is 11.5. The zero-order valence-electron chi connectivity index (χ0n) is 19.6. The van der Waals surface area contributed by atoms with E-state index >= 15 is 0 Å². The number of carboxylic acid groups (broad SMARTS) is 1. The van der Waals surface area contributed by atoms with Gasteiger partial charge in [0, 0.05) is 17.9 Å². The Hall–Kier alpha value is -2.22. The van der Waals surface area contributed by atoms with E-state index in [1.54, 1.807) is 6.92 Å². The molecule has 7 heteroatoms. The number of rotatable bonds is 12. The van der Waals surface area contributed by atoms with Gasteiger partial charge in [0.05, 0.1) is 25.4 Å². The van der Waals surface area contributed by atoms with Gasteiger partial charge in [0.2, 0.25) is 0 Å². The molecule has 1 aliphatic carbocycles. The van der Waals surface area contributed by atoms with Gasteiger partial charge < -0.3 is 24.6 Å². The molecule has 0 saturated heterocycles. The van der Waals surface area contributed by atoms with Crippen molar-refractivity contribution in [1.82, 2.24) is 5.32 Å². The first-order valence-corrected chi connectivity index (χ1v) is 11.5. The van der Waals surface area contributed by atoms with E-state index in [1.165, 1.54) is 5.56 Å². The van der Waals surface area contributed by atoms with Gasteiger partial charge in [-0.05, 0) is 63.1 Å². The number of hydrogen-bond acceptors (Lipinski definition) is 5. The lowest BCUT2D eigenvalue weighted by Crippen LogP contribution is -2.35. The van der Waals surface area contributed by atoms with E-state index in [-0.39, 0.29) is 24.7 Å². The quantitative estimate of drug-likeness (QED) is 0.497. The summed E-state index contributed by atoms with van der Waals surface area (Å²) in [6.45, 7) is 8.54. The summed E-state index contributed by atoms with van der Waals surface area (Å²) in [4.78, 5) is 23.8. The fourth-order valence-electron chi connectivity index (χ4n) is 3.66. The van der Waals surface area contributed by atoms with Crippen LogP contribution in [0.25, 0.3) is 0 Å². The van der Waals surface area contributed by atoms with Crippen LogP contribution >= 0.6 is 0 Å². The van der Waals surface area contributed by atoms with Crippen LogP contribution in [0.1, 0.15) is 75.2 Å². The highest BCUT2D eigenvalue weighted by molar-refractivity contribution is 5.95. The van der Waals surface area contributed by atoms with Gasteiger partial charge >= 0.3 is 5.97 Å². The fraction of sp³-hybridized carbons (Fsp3) is 0.600. The SMILES string of the molecule is C/C=C(\COC1CCCC(OCC(OCC)C(=O)O)C1)NC(=O)c1ccc(C(C)C)cc1. The third-order valence-electron chi connectivity index (χ3n) is 5.64. The number of carboxylic acids is 1. The molecule has 2 rings (SSSR count). The number of carbonyl (C=O) groups excluding carboxylic acids is 1. The maximum atomic E-state index is 12.6. The van der Waals surface area contributed by atoms with Crippen molar-refractivity contribution in [3.63, 3.8) is 0 Å². The summed E-state index contributed by atoms with van der Waals surface area (Å²) in [5.41, 5.74) is 2.52. The average Bonchev–Trinajstić information content (AvgIpc) is 2.79. The Morgan fingerprint density at radius 3 is 2.38 bits per heavy atom. The number of carbonyl (C=O) groups is 2. The highest BCUT2D eigenvalue weighted by Gasteiger charge is 2.26. The van der Waals surface area contributed by atoms with E-state index in [0.717, 1.165) is 19.3 Å². The van der Waals surface area contributed by atoms with Crippen LogP contribution in [0, 0.1) is 0 Å². The monoisotopic (exact) mass is 447 g/mol. The predicted octanol–water partition coefficient (Wildman–Crippen LogP) is 4.28. The van der Waals surface area contributed by atoms with Gasteiger partial charge in [0.15, 0.2) is 6.10 Å². The number of hydrogen-bond donors (Lipinski definition) is 2. The second-order valence-electron chi connectivity index (χ2n) is 8.38. The van der Waals surface area contributed by atoms with Crippen molar-refractivity contribution in [3.8, 4) is 0 Å². The van der Waals surface area contributed by atoms with Crippen LogP contribution in [0.3, 0.4) is 0 Å². The maximum Gasteiger partial charge on any atom is 0.335 e. The smallest absolute Gasteiger partial charge is 0.335 e. The molecule has 1 aliphatic rings. The summed E-state index contributed by atoms with van der Waals surface area (Å²) in [7, 11) is 0. The van der Waals surface area contributed by atoms with E-state index in [4.69, 9.17) is 14.2 Å². The molecular weight excluding hydrogens is 410 g/mol. The summed E-state index contributed by atoms with van der Waals surface area (Å²) in [6, 6.07) is 7.64. The Morgan fingerprint density at radius 2 is 1.81 bits per heavy atom. The first kappa shape index (κ1) is 26.0. The van der Waals surface area contributed by atoms with Gasteiger partial charge in [-0.15, -0.1) is 0 Å². The molecule has 3 unspecified atom stereocenters. The van der Waals surface area contributed by atoms with Crippen LogP contribution in [-0.2, 0) is 19.0 Å². The van der Waals surface area contributed by atoms with E-state index in [2.05, 4.69) is 19.2 Å². The zero-order chi connectivity index (χ0) is 23.5. The topological polar surface area (TPSA) is 94.1 Å². The van der Waals surface area contributed by atoms with Crippen molar-refractivity contribution < 1.29 is 28.9 Å². The molecule has 1 aromatic rings. The van der Waals surface area contributed by atoms with Gasteiger partial charge in [-0.2, -0.15) is 0 Å². The minimum absolute atomic E-state index is 0.00120. The molecule has 1 fully saturated rings. The minimum atomic E-state index is -1.01. The normalized spacial score (nSPS) is 20.2. The molecule has 7 nitrogen and oxygen atoms in total. The second-order valence-corrected chi connectivity index (χ2v) is 8.38. The molecule has 0 aliphatic heterocycles. The first-order chi connectivity index (χ1) is 15.3. The van der Waals surface area contributed by atoms with Crippen molar-refractivity contribution >= 4 is 11.9 Å². The maximum absolute atomic E-state index is 12.6. The summed E-state index contributed by atoms with van der Waals surface area (Å²) in [6.07, 6.45) is 4.27. The summed E-state index contributed by atoms with van der Waals surface area (Å²) in [5, 5.41) is 12.1. The summed E-state index contributed by atoms with van der Waals surface area (Å²) in [5.74, 6) is -0.746. The van der Waals surface area contributed by atoms with Crippen molar-refractivity contribution in [2.24, 2.45) is 0 Å². The molecule has 0 spiro atoms. The molecule has 32 heavy (non-hydrogen) atoms. The Kier molecular flexibility index (Phi) is 10.9. The molecule has 178 valence electrons. The van der Waals surface area contributed by atoms with Gasteiger partial charge in [-0.3, -0.25) is 4.79 Å². The Morgan fingerprint density at radius 1 is 1.16 bits per heavy atom. The number of benzene rings is 1. The number of allylic oxidation sites excluding steroid dienone is 1. The zero-order valence-corrected chi connectivity index (χ0v) is 19.6. The molecule has 0 aromatic heterocycles. The molecule has 1 saturated carbocycles. The molecule has 0 heterocycles. The largest absolute Gasteiger partial charge is 0.479 e. The van der Waals surface area contributed by atoms with Gasteiger partial charge in [0.25, 0.3) is 5.91 Å². The van der Waals surface area contributed by atoms with Crippen LogP contribution in [0.2, 0.25) is 0 Å². The number of aliphatic carboxylic acids is 1. The van der Waals surface area contributed by atoms with Gasteiger partial charge in [-0.1, -0.05) is 32.1 Å². The van der Waals surface area contributed by atoms with Gasteiger partial charge in [-0.25, -0.2) is 4.79 Å². The predicted molar refractivity (Wildman–Crippen MR) is 123 cm³/mol. The molecule has 0 bridgehead atoms. The Balaban J connectivity index is 1.80. The van der Waals surface area contributed by atoms with Crippen molar-refractivity contribution in [3.05, 3.63) is 47.2 Å². The van der Waals surface area contributed by atoms with Crippen LogP contribution in [0.15, 0.2) is 36.0 Å². The lowest BCUT2D eigenvalue weighted by Gasteiger charge is -2.30. The van der Waals surface area contributed by atoms with Crippen molar-refractivity contribution in [1.29, 1.82) is 0 Å². The van der Waals surface area contributed by atoms with E-state index in [1.807, 2.05) is 37.3 Å². The van der Waals surface area contributed by atoms with E-state index < -0.39 is 12.1 Å². The molecule has 1 aromatic carbocycles. The summed E-state index contributed by atoms with van der Waals surface area (Å²) < 4.78 is 17.0. The highest BCUT2D eigenvalue weighted by atomic mass is 16.6. The fourth-order valence-corrected chi connectivity index (χ4v) is 3.66. The van der Waals surface area contributed by atoms with Crippen LogP contribution in [0.5, 0.6) is 0 Å². The lowest BCUT2D eigenvalue weighted by atomic mass is 9.95. The number of amides is 1. The molecule has 3 atom stereocenters. The third kappa shape index (κ3) is 8.37. The van der Waals surface area contributed by atoms with Crippen LogP contribution in [-0.4, -0.2) is 55.1 Å². The number of nitrogens with one attached hydrogen (secondary N) is 1. The van der Waals surface area contributed by atoms with E-state index in [0.29, 0.717) is 36.8 Å². The Bertz CT molecular complexity index is 758. The third-order valence-corrected chi connectivity index (χ3v) is 5.64. The average molecular weight is 448 g/mol. The standard InChI is InChI=1S/C25H37NO6/c1-5-20(26-24(27)19-12-10-18(11-13-19)17(3)4)15-31-21-8-7-9-22(14-21)32-16-23(25(28)29)30-6-2/h5,10-13,17,21-23H,6-9,14-16H2,1-4H3,(H,26,27)(H,28,29)/b20-5+. The second kappa shape index (κ2) is 13.4. The number of ether oxygens (including phenoxy) is 3. The van der Waals surface area contributed by atoms with Crippen LogP contribution in [0.4, 0.5) is 0 Å². The molecule has 1 amide bonds.